The smallest absolute Gasteiger partial charge is 0.255 e. The molecule has 0 unspecified atom stereocenters. The number of hydrogen-bond acceptors (Lipinski definition) is 7. The van der Waals surface area contributed by atoms with Gasteiger partial charge in [-0.2, -0.15) is 0 Å². The zero-order valence-electron chi connectivity index (χ0n) is 23.9. The third-order valence-corrected chi connectivity index (χ3v) is 8.49. The number of methoxy groups -OCH3 is 1. The third kappa shape index (κ3) is 5.02. The lowest BCUT2D eigenvalue weighted by atomic mass is 9.97. The van der Waals surface area contributed by atoms with E-state index in [0.717, 1.165) is 10.6 Å². The summed E-state index contributed by atoms with van der Waals surface area (Å²) in [6.45, 7) is 0. The number of amides is 1. The number of nitrogens with one attached hydrogen (secondary N) is 1. The molecule has 0 fully saturated rings. The van der Waals surface area contributed by atoms with E-state index in [1.165, 1.54) is 69.7 Å². The number of ether oxygens (including phenoxy) is 1. The molecule has 0 spiro atoms. The predicted molar refractivity (Wildman–Crippen MR) is 163 cm³/mol. The van der Waals surface area contributed by atoms with Gasteiger partial charge in [0, 0.05) is 42.7 Å². The predicted octanol–water partition coefficient (Wildman–Crippen LogP) is 6.62. The fourth-order valence-electron chi connectivity index (χ4n) is 5.02. The number of sulfonamides is 1. The maximum absolute atomic E-state index is 13.9. The fraction of sp³-hybridized carbons (Fsp3) is 0.125. The van der Waals surface area contributed by atoms with E-state index in [9.17, 15) is 22.0 Å². The van der Waals surface area contributed by atoms with Gasteiger partial charge in [0.2, 0.25) is 15.9 Å². The molecule has 0 aliphatic rings. The number of nitrogens with zero attached hydrogens (tertiary/aromatic N) is 2. The van der Waals surface area contributed by atoms with Gasteiger partial charge in [-0.25, -0.2) is 22.2 Å². The van der Waals surface area contributed by atoms with Crippen molar-refractivity contribution >= 4 is 43.7 Å². The molecule has 2 aromatic heterocycles. The molecule has 0 radical (unpaired) electrons. The number of carbonyl (C=O) groups is 1. The van der Waals surface area contributed by atoms with Crippen molar-refractivity contribution in [1.29, 1.82) is 0 Å². The van der Waals surface area contributed by atoms with Gasteiger partial charge in [0.15, 0.2) is 5.58 Å². The van der Waals surface area contributed by atoms with Crippen LogP contribution >= 0.6 is 0 Å². The molecular formula is C32H25F2N3O6S. The van der Waals surface area contributed by atoms with Crippen LogP contribution < -0.4 is 14.4 Å². The molecule has 224 valence electrons. The molecule has 1 amide bonds. The second-order valence-electron chi connectivity index (χ2n) is 10.0. The van der Waals surface area contributed by atoms with Gasteiger partial charge in [0.25, 0.3) is 5.91 Å². The van der Waals surface area contributed by atoms with Crippen molar-refractivity contribution in [3.8, 4) is 39.7 Å². The van der Waals surface area contributed by atoms with Crippen LogP contribution in [0.4, 0.5) is 14.5 Å². The number of aromatic nitrogens is 1. The van der Waals surface area contributed by atoms with E-state index in [4.69, 9.17) is 13.6 Å². The van der Waals surface area contributed by atoms with Gasteiger partial charge in [0.05, 0.1) is 30.2 Å². The summed E-state index contributed by atoms with van der Waals surface area (Å²) in [5.74, 6) is -0.605. The number of fused-ring (bicyclic) bond motifs is 2. The molecule has 0 saturated carbocycles. The Labute approximate surface area is 250 Å². The van der Waals surface area contributed by atoms with Gasteiger partial charge in [-0.1, -0.05) is 6.07 Å². The minimum Gasteiger partial charge on any atom is -0.496 e. The van der Waals surface area contributed by atoms with Crippen LogP contribution in [0.15, 0.2) is 81.6 Å². The van der Waals surface area contributed by atoms with E-state index in [2.05, 4.69) is 10.3 Å². The lowest BCUT2D eigenvalue weighted by Crippen LogP contribution is -2.25. The molecule has 12 heteroatoms. The first-order chi connectivity index (χ1) is 21.0. The molecule has 6 aromatic rings. The molecule has 0 saturated heterocycles. The van der Waals surface area contributed by atoms with Crippen molar-refractivity contribution in [3.63, 3.8) is 0 Å². The molecule has 4 aromatic carbocycles. The van der Waals surface area contributed by atoms with E-state index in [-0.39, 0.29) is 28.5 Å². The highest BCUT2D eigenvalue weighted by atomic mass is 32.2. The highest BCUT2D eigenvalue weighted by Crippen LogP contribution is 2.43. The van der Waals surface area contributed by atoms with E-state index < -0.39 is 27.6 Å². The molecule has 9 nitrogen and oxygen atoms in total. The van der Waals surface area contributed by atoms with E-state index in [1.807, 2.05) is 0 Å². The minimum atomic E-state index is -3.75. The summed E-state index contributed by atoms with van der Waals surface area (Å²) in [6.07, 6.45) is 1.07. The minimum absolute atomic E-state index is 0.163. The van der Waals surface area contributed by atoms with Crippen molar-refractivity contribution in [2.45, 2.75) is 0 Å². The number of rotatable bonds is 7. The Hall–Kier alpha value is -5.23. The summed E-state index contributed by atoms with van der Waals surface area (Å²) >= 11 is 0. The number of hydrogen-bond donors (Lipinski definition) is 1. The van der Waals surface area contributed by atoms with Gasteiger partial charge in [0.1, 0.15) is 34.2 Å². The van der Waals surface area contributed by atoms with E-state index >= 15 is 0 Å². The molecule has 1 N–H and O–H groups in total. The Morgan fingerprint density at radius 2 is 1.59 bits per heavy atom. The molecule has 44 heavy (non-hydrogen) atoms. The molecule has 2 heterocycles. The Balaban J connectivity index is 1.63. The number of furan rings is 1. The molecule has 0 aliphatic heterocycles. The number of anilines is 1. The van der Waals surface area contributed by atoms with Crippen molar-refractivity contribution in [1.82, 2.24) is 10.3 Å². The van der Waals surface area contributed by atoms with Gasteiger partial charge in [-0.15, -0.1) is 0 Å². The van der Waals surface area contributed by atoms with Crippen LogP contribution in [0, 0.1) is 11.6 Å². The van der Waals surface area contributed by atoms with Gasteiger partial charge < -0.3 is 18.9 Å². The van der Waals surface area contributed by atoms with Crippen LogP contribution in [0.5, 0.6) is 5.75 Å². The summed E-state index contributed by atoms with van der Waals surface area (Å²) < 4.78 is 71.8. The van der Waals surface area contributed by atoms with Crippen LogP contribution in [0.1, 0.15) is 10.4 Å². The quantitative estimate of drug-likeness (QED) is 0.214. The van der Waals surface area contributed by atoms with Crippen LogP contribution in [-0.2, 0) is 10.0 Å². The van der Waals surface area contributed by atoms with Crippen LogP contribution in [-0.4, -0.2) is 46.8 Å². The molecule has 0 atom stereocenters. The first-order valence-corrected chi connectivity index (χ1v) is 15.1. The average Bonchev–Trinajstić information content (AvgIpc) is 3.60. The van der Waals surface area contributed by atoms with Crippen LogP contribution in [0.25, 0.3) is 56.0 Å². The second-order valence-corrected chi connectivity index (χ2v) is 12.0. The number of halogens is 2. The Morgan fingerprint density at radius 3 is 2.27 bits per heavy atom. The van der Waals surface area contributed by atoms with E-state index in [0.29, 0.717) is 44.5 Å². The molecule has 0 aliphatic carbocycles. The second kappa shape index (κ2) is 10.8. The van der Waals surface area contributed by atoms with E-state index in [1.54, 1.807) is 24.3 Å². The zero-order valence-corrected chi connectivity index (χ0v) is 24.8. The standard InChI is InChI=1S/C32H25F2N3O6S/c1-35-31(38)29-22-15-21(18-7-11-26(41-3)23(13-18)32-36-24-14-20(34)10-12-27(24)43-32)25(37(2)44(4,39)40)16-28(22)42-30(29)17-5-8-19(33)9-6-17/h5-16H,1-4H3,(H,35,38). The highest BCUT2D eigenvalue weighted by molar-refractivity contribution is 7.92. The number of oxazole rings is 1. The van der Waals surface area contributed by atoms with Gasteiger partial charge in [-0.05, 0) is 60.2 Å². The first-order valence-electron chi connectivity index (χ1n) is 13.3. The number of benzene rings is 4. The van der Waals surface area contributed by atoms with Crippen LogP contribution in [0.2, 0.25) is 0 Å². The summed E-state index contributed by atoms with van der Waals surface area (Å²) in [4.78, 5) is 17.6. The van der Waals surface area contributed by atoms with Crippen LogP contribution in [0.3, 0.4) is 0 Å². The largest absolute Gasteiger partial charge is 0.496 e. The molecule has 0 bridgehead atoms. The fourth-order valence-corrected chi connectivity index (χ4v) is 5.52. The summed E-state index contributed by atoms with van der Waals surface area (Å²) in [5.41, 5.74) is 3.24. The summed E-state index contributed by atoms with van der Waals surface area (Å²) in [6, 6.07) is 17.8. The topological polar surface area (TPSA) is 115 Å². The monoisotopic (exact) mass is 617 g/mol. The van der Waals surface area contributed by atoms with Crippen molar-refractivity contribution in [2.24, 2.45) is 0 Å². The maximum atomic E-state index is 13.9. The SMILES string of the molecule is CNC(=O)c1c(-c2ccc(F)cc2)oc2cc(N(C)S(C)(=O)=O)c(-c3ccc(OC)c(-c4nc5cc(F)ccc5o4)c3)cc12. The average molecular weight is 618 g/mol. The van der Waals surface area contributed by atoms with Crippen molar-refractivity contribution in [3.05, 3.63) is 90.0 Å². The summed E-state index contributed by atoms with van der Waals surface area (Å²) in [7, 11) is 0.609. The van der Waals surface area contributed by atoms with Crippen molar-refractivity contribution < 1.29 is 35.6 Å². The first kappa shape index (κ1) is 28.9. The normalized spacial score (nSPS) is 11.7. The maximum Gasteiger partial charge on any atom is 0.255 e. The lowest BCUT2D eigenvalue weighted by molar-refractivity contribution is 0.0964. The zero-order chi connectivity index (χ0) is 31.3. The summed E-state index contributed by atoms with van der Waals surface area (Å²) in [5, 5.41) is 3.02. The Morgan fingerprint density at radius 1 is 0.886 bits per heavy atom. The third-order valence-electron chi connectivity index (χ3n) is 7.29. The number of carbonyl (C=O) groups excluding carboxylic acids is 1. The molecule has 6 rings (SSSR count). The van der Waals surface area contributed by atoms with Gasteiger partial charge in [-0.3, -0.25) is 9.10 Å². The molecular weight excluding hydrogens is 592 g/mol. The van der Waals surface area contributed by atoms with Gasteiger partial charge >= 0.3 is 0 Å². The Bertz CT molecular complexity index is 2190. The van der Waals surface area contributed by atoms with Crippen molar-refractivity contribution in [2.75, 3.05) is 31.8 Å². The lowest BCUT2D eigenvalue weighted by Gasteiger charge is -2.21. The Kier molecular flexibility index (Phi) is 7.08. The highest BCUT2D eigenvalue weighted by Gasteiger charge is 2.26.